The average molecular weight is 361 g/mol. The molecule has 3 rings (SSSR count). The van der Waals surface area contributed by atoms with Crippen molar-refractivity contribution in [2.45, 2.75) is 19.0 Å². The zero-order valence-corrected chi connectivity index (χ0v) is 15.3. The van der Waals surface area contributed by atoms with Gasteiger partial charge in [-0.1, -0.05) is 18.2 Å². The molecular weight excluding hydrogens is 338 g/mol. The zero-order chi connectivity index (χ0) is 17.9. The summed E-state index contributed by atoms with van der Waals surface area (Å²) >= 11 is 0. The molecule has 1 atom stereocenters. The van der Waals surface area contributed by atoms with Crippen molar-refractivity contribution in [3.05, 3.63) is 42.0 Å². The van der Waals surface area contributed by atoms with E-state index >= 15 is 0 Å². The monoisotopic (exact) mass is 361 g/mol. The molecule has 7 heteroatoms. The van der Waals surface area contributed by atoms with Crippen molar-refractivity contribution < 1.29 is 13.2 Å². The molecule has 1 aliphatic heterocycles. The first kappa shape index (κ1) is 17.5. The van der Waals surface area contributed by atoms with E-state index in [0.29, 0.717) is 18.9 Å². The lowest BCUT2D eigenvalue weighted by molar-refractivity contribution is 0.415. The van der Waals surface area contributed by atoms with Gasteiger partial charge < -0.3 is 15.4 Å². The Hall–Kier alpha value is -2.28. The topological polar surface area (TPSA) is 79.8 Å². The van der Waals surface area contributed by atoms with Crippen molar-refractivity contribution in [2.24, 2.45) is 4.99 Å². The van der Waals surface area contributed by atoms with Gasteiger partial charge in [0.15, 0.2) is 15.8 Å². The Morgan fingerprint density at radius 3 is 2.68 bits per heavy atom. The maximum Gasteiger partial charge on any atom is 0.191 e. The fourth-order valence-electron chi connectivity index (χ4n) is 2.99. The minimum Gasteiger partial charge on any atom is -0.497 e. The van der Waals surface area contributed by atoms with Crippen molar-refractivity contribution >= 4 is 26.6 Å². The molecule has 0 aliphatic carbocycles. The number of fused-ring (bicyclic) bond motifs is 1. The van der Waals surface area contributed by atoms with Crippen molar-refractivity contribution in [1.29, 1.82) is 0 Å². The van der Waals surface area contributed by atoms with Crippen LogP contribution in [0.1, 0.15) is 12.0 Å². The van der Waals surface area contributed by atoms with Gasteiger partial charge in [-0.15, -0.1) is 0 Å². The summed E-state index contributed by atoms with van der Waals surface area (Å²) < 4.78 is 28.3. The summed E-state index contributed by atoms with van der Waals surface area (Å²) in [7, 11) is 0.444. The molecule has 1 aliphatic rings. The molecule has 0 saturated carbocycles. The van der Waals surface area contributed by atoms with E-state index in [9.17, 15) is 8.42 Å². The number of guanidine groups is 1. The summed E-state index contributed by atoms with van der Waals surface area (Å²) in [5, 5.41) is 8.70. The summed E-state index contributed by atoms with van der Waals surface area (Å²) in [5.41, 5.74) is 1.12. The highest BCUT2D eigenvalue weighted by Gasteiger charge is 2.28. The van der Waals surface area contributed by atoms with Gasteiger partial charge in [0, 0.05) is 19.6 Å². The van der Waals surface area contributed by atoms with Crippen LogP contribution in [0.4, 0.5) is 0 Å². The standard InChI is InChI=1S/C18H23N3O3S/c1-19-18(21-16-7-8-25(22,23)12-16)20-11-13-3-4-15-10-17(24-2)6-5-14(15)9-13/h3-6,9-10,16H,7-8,11-12H2,1-2H3,(H2,19,20,21). The minimum absolute atomic E-state index is 0.0692. The second-order valence-electron chi connectivity index (χ2n) is 6.22. The third-order valence-corrected chi connectivity index (χ3v) is 6.14. The molecule has 0 radical (unpaired) electrons. The van der Waals surface area contributed by atoms with E-state index in [2.05, 4.69) is 33.8 Å². The maximum atomic E-state index is 11.6. The Morgan fingerprint density at radius 2 is 2.00 bits per heavy atom. The molecule has 1 fully saturated rings. The van der Waals surface area contributed by atoms with Crippen LogP contribution >= 0.6 is 0 Å². The van der Waals surface area contributed by atoms with E-state index < -0.39 is 9.84 Å². The highest BCUT2D eigenvalue weighted by molar-refractivity contribution is 7.91. The van der Waals surface area contributed by atoms with Crippen LogP contribution < -0.4 is 15.4 Å². The van der Waals surface area contributed by atoms with Gasteiger partial charge in [0.05, 0.1) is 18.6 Å². The van der Waals surface area contributed by atoms with Crippen LogP contribution in [-0.2, 0) is 16.4 Å². The normalized spacial score (nSPS) is 19.8. The lowest BCUT2D eigenvalue weighted by Gasteiger charge is -2.16. The Labute approximate surface area is 148 Å². The van der Waals surface area contributed by atoms with Gasteiger partial charge in [0.2, 0.25) is 0 Å². The summed E-state index contributed by atoms with van der Waals surface area (Å²) in [4.78, 5) is 4.18. The third-order valence-electron chi connectivity index (χ3n) is 4.37. The molecule has 2 aromatic rings. The van der Waals surface area contributed by atoms with Gasteiger partial charge in [0.1, 0.15) is 5.75 Å². The lowest BCUT2D eigenvalue weighted by atomic mass is 10.1. The molecule has 0 amide bonds. The van der Waals surface area contributed by atoms with Crippen LogP contribution in [0, 0.1) is 0 Å². The molecule has 0 aromatic heterocycles. The van der Waals surface area contributed by atoms with Crippen LogP contribution in [0.5, 0.6) is 5.75 Å². The summed E-state index contributed by atoms with van der Waals surface area (Å²) in [6.45, 7) is 0.612. The number of nitrogens with one attached hydrogen (secondary N) is 2. The molecule has 0 bridgehead atoms. The minimum atomic E-state index is -2.90. The molecule has 25 heavy (non-hydrogen) atoms. The van der Waals surface area contributed by atoms with Gasteiger partial charge in [0.25, 0.3) is 0 Å². The number of hydrogen-bond acceptors (Lipinski definition) is 4. The van der Waals surface area contributed by atoms with E-state index in [1.807, 2.05) is 18.2 Å². The fourth-order valence-corrected chi connectivity index (χ4v) is 4.67. The van der Waals surface area contributed by atoms with Crippen LogP contribution in [0.15, 0.2) is 41.4 Å². The first-order chi connectivity index (χ1) is 12.0. The molecule has 1 unspecified atom stereocenters. The lowest BCUT2D eigenvalue weighted by Crippen LogP contribution is -2.43. The SMILES string of the molecule is CN=C(NCc1ccc2cc(OC)ccc2c1)NC1CCS(=O)(=O)C1. The van der Waals surface area contributed by atoms with E-state index in [0.717, 1.165) is 22.1 Å². The molecular formula is C18H23N3O3S. The number of nitrogens with zero attached hydrogens (tertiary/aromatic N) is 1. The number of hydrogen-bond donors (Lipinski definition) is 2. The first-order valence-corrected chi connectivity index (χ1v) is 10.1. The van der Waals surface area contributed by atoms with Crippen molar-refractivity contribution in [1.82, 2.24) is 10.6 Å². The van der Waals surface area contributed by atoms with Crippen molar-refractivity contribution in [3.8, 4) is 5.75 Å². The molecule has 2 N–H and O–H groups in total. The zero-order valence-electron chi connectivity index (χ0n) is 14.5. The largest absolute Gasteiger partial charge is 0.497 e. The second kappa shape index (κ2) is 7.31. The predicted molar refractivity (Wildman–Crippen MR) is 101 cm³/mol. The van der Waals surface area contributed by atoms with E-state index in [1.54, 1.807) is 14.2 Å². The summed E-state index contributed by atoms with van der Waals surface area (Å²) in [6.07, 6.45) is 0.626. The molecule has 1 heterocycles. The van der Waals surface area contributed by atoms with Gasteiger partial charge in [-0.25, -0.2) is 8.42 Å². The molecule has 1 saturated heterocycles. The Balaban J connectivity index is 1.62. The first-order valence-electron chi connectivity index (χ1n) is 8.23. The number of benzene rings is 2. The maximum absolute atomic E-state index is 11.6. The number of rotatable bonds is 4. The second-order valence-corrected chi connectivity index (χ2v) is 8.45. The number of methoxy groups -OCH3 is 1. The fraction of sp³-hybridized carbons (Fsp3) is 0.389. The average Bonchev–Trinajstić information content (AvgIpc) is 2.96. The van der Waals surface area contributed by atoms with Gasteiger partial charge in [-0.05, 0) is 41.0 Å². The Bertz CT molecular complexity index is 894. The Kier molecular flexibility index (Phi) is 5.13. The van der Waals surface area contributed by atoms with Crippen LogP contribution in [0.3, 0.4) is 0 Å². The van der Waals surface area contributed by atoms with Crippen LogP contribution in [-0.4, -0.2) is 46.1 Å². The molecule has 0 spiro atoms. The van der Waals surface area contributed by atoms with E-state index in [-0.39, 0.29) is 17.5 Å². The summed E-state index contributed by atoms with van der Waals surface area (Å²) in [5.74, 6) is 1.88. The number of aliphatic imine (C=N–C) groups is 1. The quantitative estimate of drug-likeness (QED) is 0.640. The van der Waals surface area contributed by atoms with Crippen molar-refractivity contribution in [2.75, 3.05) is 25.7 Å². The Morgan fingerprint density at radius 1 is 1.24 bits per heavy atom. The molecule has 134 valence electrons. The summed E-state index contributed by atoms with van der Waals surface area (Å²) in [6, 6.07) is 12.2. The third kappa shape index (κ3) is 4.42. The van der Waals surface area contributed by atoms with Crippen LogP contribution in [0.2, 0.25) is 0 Å². The van der Waals surface area contributed by atoms with E-state index in [4.69, 9.17) is 4.74 Å². The van der Waals surface area contributed by atoms with Crippen molar-refractivity contribution in [3.63, 3.8) is 0 Å². The molecule has 6 nitrogen and oxygen atoms in total. The highest BCUT2D eigenvalue weighted by atomic mass is 32.2. The van der Waals surface area contributed by atoms with Gasteiger partial charge >= 0.3 is 0 Å². The number of ether oxygens (including phenoxy) is 1. The van der Waals surface area contributed by atoms with Gasteiger partial charge in [-0.3, -0.25) is 4.99 Å². The van der Waals surface area contributed by atoms with Crippen LogP contribution in [0.25, 0.3) is 10.8 Å². The molecule has 2 aromatic carbocycles. The highest BCUT2D eigenvalue weighted by Crippen LogP contribution is 2.21. The van der Waals surface area contributed by atoms with E-state index in [1.165, 1.54) is 0 Å². The van der Waals surface area contributed by atoms with Gasteiger partial charge in [-0.2, -0.15) is 0 Å². The number of sulfone groups is 1. The predicted octanol–water partition coefficient (Wildman–Crippen LogP) is 1.70. The smallest absolute Gasteiger partial charge is 0.191 e.